The van der Waals surface area contributed by atoms with E-state index in [-0.39, 0.29) is 0 Å². The van der Waals surface area contributed by atoms with Crippen molar-refractivity contribution in [1.82, 2.24) is 15.0 Å². The minimum Gasteiger partial charge on any atom is -0.361 e. The molecule has 22 heavy (non-hydrogen) atoms. The van der Waals surface area contributed by atoms with Crippen LogP contribution in [0.15, 0.2) is 48.8 Å². The maximum absolute atomic E-state index is 12.5. The number of fused-ring (bicyclic) bond motifs is 1. The van der Waals surface area contributed by atoms with E-state index in [1.54, 1.807) is 24.5 Å². The van der Waals surface area contributed by atoms with Crippen molar-refractivity contribution < 1.29 is 9.59 Å². The van der Waals surface area contributed by atoms with Crippen LogP contribution in [0.2, 0.25) is 0 Å². The fourth-order valence-electron chi connectivity index (χ4n) is 2.81. The Bertz CT molecular complexity index is 934. The van der Waals surface area contributed by atoms with Crippen molar-refractivity contribution in [3.8, 4) is 0 Å². The second-order valence-corrected chi connectivity index (χ2v) is 5.06. The average molecular weight is 292 g/mol. The first-order chi connectivity index (χ1) is 10.7. The lowest BCUT2D eigenvalue weighted by Gasteiger charge is -2.05. The highest BCUT2D eigenvalue weighted by Crippen LogP contribution is 2.36. The third kappa shape index (κ3) is 1.58. The summed E-state index contributed by atoms with van der Waals surface area (Å²) in [5.41, 5.74) is 2.75. The molecule has 0 bridgehead atoms. The summed E-state index contributed by atoms with van der Waals surface area (Å²) in [6, 6.07) is 11.1. The van der Waals surface area contributed by atoms with Gasteiger partial charge in [0.1, 0.15) is 0 Å². The van der Waals surface area contributed by atoms with Crippen molar-refractivity contribution >= 4 is 33.9 Å². The lowest BCUT2D eigenvalue weighted by atomic mass is 9.99. The molecule has 4 N–H and O–H groups in total. The van der Waals surface area contributed by atoms with Crippen LogP contribution < -0.4 is 5.84 Å². The predicted octanol–water partition coefficient (Wildman–Crippen LogP) is 1.65. The Morgan fingerprint density at radius 1 is 0.909 bits per heavy atom. The van der Waals surface area contributed by atoms with E-state index in [0.29, 0.717) is 27.4 Å². The normalized spacial score (nSPS) is 15.4. The molecule has 1 aliphatic heterocycles. The van der Waals surface area contributed by atoms with E-state index in [1.165, 1.54) is 0 Å². The molecule has 3 heterocycles. The summed E-state index contributed by atoms with van der Waals surface area (Å²) in [6.07, 6.45) is 3.43. The van der Waals surface area contributed by atoms with Crippen LogP contribution in [0.4, 0.5) is 0 Å². The van der Waals surface area contributed by atoms with Crippen LogP contribution in [0.25, 0.3) is 22.0 Å². The molecule has 0 radical (unpaired) electrons. The number of imide groups is 1. The smallest absolute Gasteiger partial charge is 0.278 e. The zero-order chi connectivity index (χ0) is 15.3. The second-order valence-electron chi connectivity index (χ2n) is 5.06. The van der Waals surface area contributed by atoms with Gasteiger partial charge in [-0.3, -0.25) is 9.59 Å². The molecular formula is C16H12N4O2. The quantitative estimate of drug-likeness (QED) is 0.381. The number of amides is 2. The predicted molar refractivity (Wildman–Crippen MR) is 81.9 cm³/mol. The molecule has 2 aromatic heterocycles. The number of hydrazine groups is 1. The SMILES string of the molecule is NN1C(=O)C(c2ccc[nH]2)=C(c2c[nH]c3ccccc23)C1=O. The molecule has 1 aromatic carbocycles. The number of aromatic amines is 2. The second kappa shape index (κ2) is 4.44. The van der Waals surface area contributed by atoms with Gasteiger partial charge in [-0.25, -0.2) is 10.9 Å². The van der Waals surface area contributed by atoms with E-state index in [9.17, 15) is 9.59 Å². The zero-order valence-electron chi connectivity index (χ0n) is 11.5. The van der Waals surface area contributed by atoms with Crippen LogP contribution in [0.1, 0.15) is 11.3 Å². The van der Waals surface area contributed by atoms with E-state index >= 15 is 0 Å². The number of carbonyl (C=O) groups is 2. The Kier molecular flexibility index (Phi) is 2.54. The van der Waals surface area contributed by atoms with Gasteiger partial charge in [-0.1, -0.05) is 18.2 Å². The number of benzene rings is 1. The Balaban J connectivity index is 2.04. The first-order valence-electron chi connectivity index (χ1n) is 6.76. The number of carbonyl (C=O) groups excluding carboxylic acids is 2. The number of nitrogens with zero attached hydrogens (tertiary/aromatic N) is 1. The summed E-state index contributed by atoms with van der Waals surface area (Å²) in [5, 5.41) is 1.53. The number of hydrogen-bond acceptors (Lipinski definition) is 3. The number of aromatic nitrogens is 2. The molecule has 3 aromatic rings. The van der Waals surface area contributed by atoms with E-state index in [4.69, 9.17) is 5.84 Å². The number of nitrogens with one attached hydrogen (secondary N) is 2. The summed E-state index contributed by atoms with van der Waals surface area (Å²) in [6.45, 7) is 0. The number of nitrogens with two attached hydrogens (primary N) is 1. The molecule has 4 rings (SSSR count). The molecule has 1 aliphatic rings. The molecule has 0 spiro atoms. The van der Waals surface area contributed by atoms with Crippen LogP contribution in [-0.2, 0) is 9.59 Å². The molecule has 0 atom stereocenters. The third-order valence-electron chi connectivity index (χ3n) is 3.84. The lowest BCUT2D eigenvalue weighted by molar-refractivity contribution is -0.136. The van der Waals surface area contributed by atoms with Crippen LogP contribution in [0, 0.1) is 0 Å². The van der Waals surface area contributed by atoms with Crippen LogP contribution >= 0.6 is 0 Å². The van der Waals surface area contributed by atoms with Gasteiger partial charge in [-0.15, -0.1) is 0 Å². The Morgan fingerprint density at radius 2 is 1.68 bits per heavy atom. The molecule has 0 fully saturated rings. The molecular weight excluding hydrogens is 280 g/mol. The van der Waals surface area contributed by atoms with Gasteiger partial charge >= 0.3 is 0 Å². The summed E-state index contributed by atoms with van der Waals surface area (Å²) in [7, 11) is 0. The molecule has 0 aliphatic carbocycles. The fraction of sp³-hybridized carbons (Fsp3) is 0. The number of hydrogen-bond donors (Lipinski definition) is 3. The standard InChI is InChI=1S/C16H12N4O2/c17-20-15(21)13(14(16(20)22)12-6-3-7-18-12)10-8-19-11-5-2-1-4-9(10)11/h1-8,18-19H,17H2. The summed E-state index contributed by atoms with van der Waals surface area (Å²) >= 11 is 0. The van der Waals surface area contributed by atoms with Crippen molar-refractivity contribution in [2.45, 2.75) is 0 Å². The first-order valence-corrected chi connectivity index (χ1v) is 6.76. The van der Waals surface area contributed by atoms with Gasteiger partial charge in [-0.05, 0) is 18.2 Å². The number of para-hydroxylation sites is 1. The van der Waals surface area contributed by atoms with E-state index < -0.39 is 11.8 Å². The van der Waals surface area contributed by atoms with Crippen molar-refractivity contribution in [1.29, 1.82) is 0 Å². The Labute approximate surface area is 125 Å². The van der Waals surface area contributed by atoms with Crippen molar-refractivity contribution in [2.24, 2.45) is 5.84 Å². The van der Waals surface area contributed by atoms with Crippen LogP contribution in [0.5, 0.6) is 0 Å². The minimum absolute atomic E-state index is 0.294. The highest BCUT2D eigenvalue weighted by molar-refractivity contribution is 6.49. The molecule has 0 unspecified atom stereocenters. The molecule has 2 amide bonds. The molecule has 0 saturated heterocycles. The van der Waals surface area contributed by atoms with Gasteiger partial charge < -0.3 is 9.97 Å². The molecule has 6 nitrogen and oxygen atoms in total. The topological polar surface area (TPSA) is 95.0 Å². The maximum Gasteiger partial charge on any atom is 0.278 e. The number of H-pyrrole nitrogens is 2. The van der Waals surface area contributed by atoms with E-state index in [0.717, 1.165) is 10.9 Å². The van der Waals surface area contributed by atoms with Crippen molar-refractivity contribution in [2.75, 3.05) is 0 Å². The van der Waals surface area contributed by atoms with Gasteiger partial charge in [0.05, 0.1) is 16.8 Å². The van der Waals surface area contributed by atoms with Crippen molar-refractivity contribution in [3.05, 3.63) is 60.0 Å². The Hall–Kier alpha value is -3.12. The third-order valence-corrected chi connectivity index (χ3v) is 3.84. The van der Waals surface area contributed by atoms with Gasteiger partial charge in [0, 0.05) is 28.9 Å². The van der Waals surface area contributed by atoms with Crippen LogP contribution in [0.3, 0.4) is 0 Å². The van der Waals surface area contributed by atoms with Crippen molar-refractivity contribution in [3.63, 3.8) is 0 Å². The largest absolute Gasteiger partial charge is 0.361 e. The summed E-state index contributed by atoms with van der Waals surface area (Å²) < 4.78 is 0. The van der Waals surface area contributed by atoms with Crippen LogP contribution in [-0.4, -0.2) is 26.8 Å². The average Bonchev–Trinajstić information content (AvgIpc) is 3.23. The zero-order valence-corrected chi connectivity index (χ0v) is 11.5. The minimum atomic E-state index is -0.507. The first kappa shape index (κ1) is 12.6. The van der Waals surface area contributed by atoms with Gasteiger partial charge in [0.2, 0.25) is 0 Å². The van der Waals surface area contributed by atoms with Gasteiger partial charge in [0.15, 0.2) is 0 Å². The summed E-state index contributed by atoms with van der Waals surface area (Å²) in [5.74, 6) is 4.62. The molecule has 6 heteroatoms. The molecule has 108 valence electrons. The lowest BCUT2D eigenvalue weighted by Crippen LogP contribution is -2.37. The summed E-state index contributed by atoms with van der Waals surface area (Å²) in [4.78, 5) is 30.9. The van der Waals surface area contributed by atoms with E-state index in [1.807, 2.05) is 24.3 Å². The molecule has 0 saturated carbocycles. The van der Waals surface area contributed by atoms with E-state index in [2.05, 4.69) is 9.97 Å². The van der Waals surface area contributed by atoms with Gasteiger partial charge in [0.25, 0.3) is 11.8 Å². The maximum atomic E-state index is 12.5. The fourth-order valence-corrected chi connectivity index (χ4v) is 2.81. The van der Waals surface area contributed by atoms with Gasteiger partial charge in [-0.2, -0.15) is 0 Å². The highest BCUT2D eigenvalue weighted by atomic mass is 16.2. The Morgan fingerprint density at radius 3 is 2.45 bits per heavy atom. The monoisotopic (exact) mass is 292 g/mol. The number of rotatable bonds is 2. The highest BCUT2D eigenvalue weighted by Gasteiger charge is 2.39.